The van der Waals surface area contributed by atoms with E-state index in [9.17, 15) is 0 Å². The molecule has 0 aliphatic rings. The van der Waals surface area contributed by atoms with Crippen LogP contribution in [0.2, 0.25) is 0 Å². The summed E-state index contributed by atoms with van der Waals surface area (Å²) in [5, 5.41) is 0. The first-order valence-electron chi connectivity index (χ1n) is 0. The first-order chi connectivity index (χ1) is 0. The molecule has 7 nitrogen and oxygen atoms in total. The fourth-order valence-electron chi connectivity index (χ4n) is 0. The van der Waals surface area contributed by atoms with Gasteiger partial charge in [-0.05, 0) is 0 Å². The summed E-state index contributed by atoms with van der Waals surface area (Å²) in [6.07, 6.45) is 0. The Balaban J connectivity index is 0. The van der Waals surface area contributed by atoms with E-state index < -0.39 is 0 Å². The molecule has 0 heterocycles. The van der Waals surface area contributed by atoms with Gasteiger partial charge in [0.1, 0.15) is 0 Å². The molecule has 0 amide bonds. The average Bonchev–Trinajstić information content (AvgIpc) is 0. The number of rotatable bonds is 0. The normalized spacial score (nSPS) is 0. The van der Waals surface area contributed by atoms with Crippen molar-refractivity contribution in [3.8, 4) is 0 Å². The van der Waals surface area contributed by atoms with E-state index in [4.69, 9.17) is 0 Å². The van der Waals surface area contributed by atoms with Crippen LogP contribution in [-0.2, 0) is 77.3 Å². The van der Waals surface area contributed by atoms with Crippen LogP contribution in [-0.4, -0.2) is 39.6 Å². The topological polar surface area (TPSA) is 200 Å². The molecule has 0 saturated carbocycles. The number of hydrogen-bond donors (Lipinski definition) is 0. The molecule has 0 aliphatic heterocycles. The van der Waals surface area contributed by atoms with E-state index >= 15 is 0 Å². The fourth-order valence-corrected chi connectivity index (χ4v) is 0. The maximum atomic E-state index is 0. The largest absolute Gasteiger partial charge is 4.00 e. The minimum atomic E-state index is 0. The van der Waals surface area contributed by atoms with Gasteiger partial charge in [-0.25, -0.2) is 0 Å². The van der Waals surface area contributed by atoms with Crippen LogP contribution in [0.25, 0.3) is 0 Å². The Morgan fingerprint density at radius 3 is 0.273 bits per heavy atom. The van der Waals surface area contributed by atoms with E-state index in [-0.39, 0.29) is 117 Å². The molecule has 0 atom stereocenters. The van der Waals surface area contributed by atoms with Crippen molar-refractivity contribution in [1.82, 2.24) is 0 Å². The van der Waals surface area contributed by atoms with E-state index in [0.29, 0.717) is 0 Å². The van der Waals surface area contributed by atoms with E-state index in [1.165, 1.54) is 0 Å². The molecule has 0 unspecified atom stereocenters. The third-order valence-electron chi connectivity index (χ3n) is 0. The third kappa shape index (κ3) is 256. The average molecular weight is 454 g/mol. The Bertz CT molecular complexity index is 14.4. The Morgan fingerprint density at radius 2 is 0.273 bits per heavy atom. The van der Waals surface area contributed by atoms with Crippen molar-refractivity contribution in [2.45, 2.75) is 0 Å². The second kappa shape index (κ2) is 308. The zero-order valence-electron chi connectivity index (χ0n) is 4.72. The summed E-state index contributed by atoms with van der Waals surface area (Å²) in [7, 11) is 0. The maximum absolute atomic E-state index is 0. The van der Waals surface area contributed by atoms with Crippen LogP contribution >= 0.6 is 0 Å². The Hall–Kier alpha value is 2.24. The standard InChI is InChI=1S/2Ga.7O.2Ru/q2*+3;7*-2;2*+4. The molecule has 64 valence electrons. The SMILES string of the molecule is [Ga+3].[Ga+3].[O-2].[O-2].[O-2].[O-2].[O-2].[O-2].[O-2].[Ru+4].[Ru+4]. The van der Waals surface area contributed by atoms with Gasteiger partial charge >= 0.3 is 78.5 Å². The summed E-state index contributed by atoms with van der Waals surface area (Å²) in [5.74, 6) is 0. The molecule has 0 aromatic rings. The van der Waals surface area contributed by atoms with Gasteiger partial charge in [-0.2, -0.15) is 0 Å². The molecule has 0 N–H and O–H groups in total. The van der Waals surface area contributed by atoms with Crippen molar-refractivity contribution in [2.75, 3.05) is 0 Å². The van der Waals surface area contributed by atoms with Gasteiger partial charge in [0.05, 0.1) is 0 Å². The van der Waals surface area contributed by atoms with Crippen molar-refractivity contribution in [3.05, 3.63) is 0 Å². The van der Waals surface area contributed by atoms with E-state index in [0.717, 1.165) is 0 Å². The fraction of sp³-hybridized carbons (Fsp3) is 0. The van der Waals surface area contributed by atoms with Crippen LogP contribution in [0.15, 0.2) is 0 Å². The smallest absolute Gasteiger partial charge is 2.00 e. The summed E-state index contributed by atoms with van der Waals surface area (Å²) >= 11 is 0. The van der Waals surface area contributed by atoms with Gasteiger partial charge < -0.3 is 38.3 Å². The Kier molecular flexibility index (Phi) is 11100. The molecule has 0 rings (SSSR count). The summed E-state index contributed by atoms with van der Waals surface area (Å²) in [5.41, 5.74) is 0. The van der Waals surface area contributed by atoms with Gasteiger partial charge in [0.15, 0.2) is 0 Å². The van der Waals surface area contributed by atoms with Gasteiger partial charge in [-0.15, -0.1) is 0 Å². The van der Waals surface area contributed by atoms with Crippen LogP contribution in [0.5, 0.6) is 0 Å². The zero-order chi connectivity index (χ0) is 0. The van der Waals surface area contributed by atoms with Crippen LogP contribution in [0.4, 0.5) is 0 Å². The molecule has 0 aromatic heterocycles. The van der Waals surface area contributed by atoms with Crippen LogP contribution in [0.1, 0.15) is 0 Å². The molecule has 0 bridgehead atoms. The first kappa shape index (κ1) is 395. The van der Waals surface area contributed by atoms with Gasteiger partial charge in [-0.1, -0.05) is 0 Å². The van der Waals surface area contributed by atoms with E-state index in [1.807, 2.05) is 0 Å². The van der Waals surface area contributed by atoms with E-state index in [1.54, 1.807) is 0 Å². The summed E-state index contributed by atoms with van der Waals surface area (Å²) in [6.45, 7) is 0. The van der Waals surface area contributed by atoms with Crippen molar-refractivity contribution in [3.63, 3.8) is 0 Å². The van der Waals surface area contributed by atoms with Gasteiger partial charge in [-0.3, -0.25) is 0 Å². The van der Waals surface area contributed by atoms with Gasteiger partial charge in [0.2, 0.25) is 0 Å². The van der Waals surface area contributed by atoms with Crippen LogP contribution < -0.4 is 0 Å². The predicted molar refractivity (Wildman–Crippen MR) is 16.3 cm³/mol. The molecule has 0 fully saturated rings. The quantitative estimate of drug-likeness (QED) is 0.381. The monoisotopic (exact) mass is 454 g/mol. The van der Waals surface area contributed by atoms with Crippen molar-refractivity contribution in [2.24, 2.45) is 0 Å². The number of hydrogen-bond acceptors (Lipinski definition) is 0. The van der Waals surface area contributed by atoms with Crippen molar-refractivity contribution < 1.29 is 77.3 Å². The third-order valence-corrected chi connectivity index (χ3v) is 0. The minimum Gasteiger partial charge on any atom is -2.00 e. The summed E-state index contributed by atoms with van der Waals surface area (Å²) < 4.78 is 0. The molecule has 11 heteroatoms. The van der Waals surface area contributed by atoms with Gasteiger partial charge in [0.25, 0.3) is 0 Å². The van der Waals surface area contributed by atoms with Gasteiger partial charge in [0, 0.05) is 0 Å². The molecular formula is Ga2O7Ru2. The molecule has 0 spiro atoms. The maximum Gasteiger partial charge on any atom is 4.00 e. The predicted octanol–water partition coefficient (Wildman–Crippen LogP) is -1.60. The van der Waals surface area contributed by atoms with Crippen LogP contribution in [0, 0.1) is 0 Å². The Morgan fingerprint density at radius 1 is 0.273 bits per heavy atom. The molecule has 0 aromatic carbocycles. The Labute approximate surface area is 116 Å². The van der Waals surface area contributed by atoms with E-state index in [2.05, 4.69) is 0 Å². The molecule has 11 heavy (non-hydrogen) atoms. The van der Waals surface area contributed by atoms with Crippen molar-refractivity contribution >= 4 is 39.6 Å². The molecular weight excluding hydrogens is 454 g/mol. The summed E-state index contributed by atoms with van der Waals surface area (Å²) in [4.78, 5) is 0. The van der Waals surface area contributed by atoms with Crippen LogP contribution in [0.3, 0.4) is 0 Å². The zero-order valence-corrected chi connectivity index (χ0v) is 13.0. The van der Waals surface area contributed by atoms with Crippen molar-refractivity contribution in [1.29, 1.82) is 0 Å². The second-order valence-electron chi connectivity index (χ2n) is 0. The molecule has 0 aliphatic carbocycles. The molecule has 0 radical (unpaired) electrons. The molecule has 0 saturated heterocycles. The first-order valence-corrected chi connectivity index (χ1v) is 0. The second-order valence-corrected chi connectivity index (χ2v) is 0. The summed E-state index contributed by atoms with van der Waals surface area (Å²) in [6, 6.07) is 0. The minimum absolute atomic E-state index is 0.